The van der Waals surface area contributed by atoms with Gasteiger partial charge in [0, 0.05) is 0 Å². The number of hydrogen-bond donors (Lipinski definition) is 3. The van der Waals surface area contributed by atoms with Crippen LogP contribution in [0.4, 0.5) is 0 Å². The van der Waals surface area contributed by atoms with Gasteiger partial charge in [-0.3, -0.25) is 4.79 Å². The molecule has 0 saturated heterocycles. The maximum atomic E-state index is 10.3. The molecule has 0 amide bonds. The molecule has 0 saturated carbocycles. The van der Waals surface area contributed by atoms with E-state index >= 15 is 0 Å². The molecular formula is C4H12NNa3O4. The molecule has 60 valence electrons. The maximum absolute atomic E-state index is 10.3. The zero-order valence-electron chi connectivity index (χ0n) is 4.94. The van der Waals surface area contributed by atoms with E-state index in [9.17, 15) is 4.79 Å². The van der Waals surface area contributed by atoms with Crippen LogP contribution in [0.5, 0.6) is 0 Å². The first-order valence-electron chi connectivity index (χ1n) is 2.36. The van der Waals surface area contributed by atoms with Crippen LogP contribution in [0.25, 0.3) is 0 Å². The third kappa shape index (κ3) is 14.9. The molecule has 12 heavy (non-hydrogen) atoms. The predicted molar refractivity (Wildman–Crippen MR) is 49.4 cm³/mol. The number of esters is 1. The minimum absolute atomic E-state index is 0. The third-order valence-electron chi connectivity index (χ3n) is 0.593. The van der Waals surface area contributed by atoms with Gasteiger partial charge >= 0.3 is 101 Å². The van der Waals surface area contributed by atoms with E-state index in [0.717, 1.165) is 0 Å². The molecule has 0 aromatic rings. The number of aliphatic hydroxyl groups excluding tert-OH is 1. The number of aliphatic hydroxyl groups is 2. The van der Waals surface area contributed by atoms with Crippen LogP contribution >= 0.6 is 0 Å². The molecule has 4 N–H and O–H groups in total. The predicted octanol–water partition coefficient (Wildman–Crippen LogP) is -3.80. The van der Waals surface area contributed by atoms with Gasteiger partial charge in [-0.05, 0) is 6.92 Å². The van der Waals surface area contributed by atoms with Crippen molar-refractivity contribution in [1.82, 2.24) is 0 Å². The number of carbonyl (C=O) groups excluding carboxylic acids is 1. The summed E-state index contributed by atoms with van der Waals surface area (Å²) >= 11 is 0. The molecule has 0 aliphatic rings. The Morgan fingerprint density at radius 2 is 1.67 bits per heavy atom. The molecule has 0 rings (SSSR count). The van der Waals surface area contributed by atoms with Gasteiger partial charge in [-0.2, -0.15) is 0 Å². The van der Waals surface area contributed by atoms with E-state index in [-0.39, 0.29) is 88.7 Å². The Morgan fingerprint density at radius 1 is 1.33 bits per heavy atom. The number of ether oxygens (including phenoxy) is 1. The molecule has 0 aliphatic heterocycles. The quantitative estimate of drug-likeness (QED) is 0.245. The second kappa shape index (κ2) is 13.4. The SMILES string of the molecule is C[C@H](N)C(=O)OC(O)O.[NaH].[NaH].[NaH]. The minimum atomic E-state index is -2.07. The van der Waals surface area contributed by atoms with Gasteiger partial charge in [0.15, 0.2) is 0 Å². The molecule has 1 atom stereocenters. The van der Waals surface area contributed by atoms with Crippen molar-refractivity contribution in [2.75, 3.05) is 0 Å². The van der Waals surface area contributed by atoms with Crippen LogP contribution in [0.2, 0.25) is 0 Å². The fraction of sp³-hybridized carbons (Fsp3) is 0.750. The van der Waals surface area contributed by atoms with Crippen LogP contribution in [-0.4, -0.2) is 117 Å². The van der Waals surface area contributed by atoms with E-state index in [4.69, 9.17) is 15.9 Å². The molecule has 0 spiro atoms. The Labute approximate surface area is 137 Å². The van der Waals surface area contributed by atoms with Crippen LogP contribution in [-0.2, 0) is 9.53 Å². The first-order chi connectivity index (χ1) is 4.04. The molecule has 0 aliphatic carbocycles. The van der Waals surface area contributed by atoms with Crippen molar-refractivity contribution in [2.24, 2.45) is 5.73 Å². The van der Waals surface area contributed by atoms with Crippen LogP contribution in [0, 0.1) is 0 Å². The molecular weight excluding hydrogens is 195 g/mol. The van der Waals surface area contributed by atoms with Crippen molar-refractivity contribution < 1.29 is 19.7 Å². The molecule has 5 nitrogen and oxygen atoms in total. The van der Waals surface area contributed by atoms with E-state index in [2.05, 4.69) is 4.74 Å². The van der Waals surface area contributed by atoms with Gasteiger partial charge in [-0.25, -0.2) is 0 Å². The second-order valence-corrected chi connectivity index (χ2v) is 1.55. The third-order valence-corrected chi connectivity index (χ3v) is 0.593. The Morgan fingerprint density at radius 3 is 1.75 bits per heavy atom. The average molecular weight is 207 g/mol. The number of rotatable bonds is 2. The monoisotopic (exact) mass is 207 g/mol. The summed E-state index contributed by atoms with van der Waals surface area (Å²) in [5, 5.41) is 16.1. The molecule has 0 bridgehead atoms. The summed E-state index contributed by atoms with van der Waals surface area (Å²) in [6.07, 6.45) is 0. The standard InChI is InChI=1S/C4H9NO4.3Na.3H/c1-2(5)3(6)9-4(7)8;;;;;;/h2,4,7-8H,5H2,1H3;;;;;;/t2-;;;;;;/m0....../s1. The summed E-state index contributed by atoms with van der Waals surface area (Å²) < 4.78 is 3.86. The fourth-order valence-corrected chi connectivity index (χ4v) is 0.211. The normalized spacial score (nSPS) is 10.1. The van der Waals surface area contributed by atoms with Crippen molar-refractivity contribution >= 4 is 94.6 Å². The van der Waals surface area contributed by atoms with E-state index in [0.29, 0.717) is 0 Å². The van der Waals surface area contributed by atoms with E-state index < -0.39 is 18.5 Å². The van der Waals surface area contributed by atoms with Crippen molar-refractivity contribution in [3.8, 4) is 0 Å². The molecule has 0 aromatic carbocycles. The zero-order chi connectivity index (χ0) is 7.44. The topological polar surface area (TPSA) is 92.8 Å². The summed E-state index contributed by atoms with van der Waals surface area (Å²) in [6.45, 7) is -0.687. The molecule has 0 aromatic heterocycles. The fourth-order valence-electron chi connectivity index (χ4n) is 0.211. The summed E-state index contributed by atoms with van der Waals surface area (Å²) in [6, 6.07) is -0.827. The van der Waals surface area contributed by atoms with Crippen LogP contribution in [0.15, 0.2) is 0 Å². The first-order valence-corrected chi connectivity index (χ1v) is 2.36. The summed E-state index contributed by atoms with van der Waals surface area (Å²) in [5.74, 6) is -0.843. The van der Waals surface area contributed by atoms with Gasteiger partial charge in [0.2, 0.25) is 0 Å². The van der Waals surface area contributed by atoms with Gasteiger partial charge in [0.1, 0.15) is 6.04 Å². The van der Waals surface area contributed by atoms with Gasteiger partial charge in [0.05, 0.1) is 0 Å². The van der Waals surface area contributed by atoms with Gasteiger partial charge in [-0.15, -0.1) is 0 Å². The summed E-state index contributed by atoms with van der Waals surface area (Å²) in [4.78, 5) is 10.3. The van der Waals surface area contributed by atoms with Crippen molar-refractivity contribution in [1.29, 1.82) is 0 Å². The Hall–Kier alpha value is 2.35. The van der Waals surface area contributed by atoms with E-state index in [1.807, 2.05) is 0 Å². The molecule has 0 heterocycles. The van der Waals surface area contributed by atoms with Crippen molar-refractivity contribution in [2.45, 2.75) is 19.4 Å². The van der Waals surface area contributed by atoms with Crippen LogP contribution in [0.3, 0.4) is 0 Å². The van der Waals surface area contributed by atoms with E-state index in [1.54, 1.807) is 0 Å². The number of nitrogens with two attached hydrogens (primary N) is 1. The van der Waals surface area contributed by atoms with Crippen LogP contribution in [0.1, 0.15) is 6.92 Å². The van der Waals surface area contributed by atoms with Crippen molar-refractivity contribution in [3.05, 3.63) is 0 Å². The first kappa shape index (κ1) is 23.9. The van der Waals surface area contributed by atoms with Gasteiger partial charge < -0.3 is 20.7 Å². The zero-order valence-corrected chi connectivity index (χ0v) is 4.94. The Balaban J connectivity index is -0.000000107. The molecule has 0 unspecified atom stereocenters. The molecule has 0 radical (unpaired) electrons. The summed E-state index contributed by atoms with van der Waals surface area (Å²) in [5.41, 5.74) is 4.99. The Bertz CT molecular complexity index is 110. The van der Waals surface area contributed by atoms with E-state index in [1.165, 1.54) is 6.92 Å². The van der Waals surface area contributed by atoms with Crippen LogP contribution < -0.4 is 5.73 Å². The number of hydrogen-bond acceptors (Lipinski definition) is 5. The average Bonchev–Trinajstić information content (AvgIpc) is 1.63. The van der Waals surface area contributed by atoms with Gasteiger partial charge in [-0.1, -0.05) is 0 Å². The van der Waals surface area contributed by atoms with Gasteiger partial charge in [0.25, 0.3) is 0 Å². The Kier molecular flexibility index (Phi) is 26.6. The van der Waals surface area contributed by atoms with Crippen molar-refractivity contribution in [3.63, 3.8) is 0 Å². The molecule has 8 heteroatoms. The number of carbonyl (C=O) groups is 1. The summed E-state index contributed by atoms with van der Waals surface area (Å²) in [7, 11) is 0. The molecule has 0 fully saturated rings. The second-order valence-electron chi connectivity index (χ2n) is 1.55.